The third-order valence-electron chi connectivity index (χ3n) is 2.44. The van der Waals surface area contributed by atoms with Crippen molar-refractivity contribution in [2.24, 2.45) is 0 Å². The van der Waals surface area contributed by atoms with Crippen molar-refractivity contribution < 1.29 is 13.2 Å². The average Bonchev–Trinajstić information content (AvgIpc) is 2.65. The highest BCUT2D eigenvalue weighted by atomic mass is 32.1. The van der Waals surface area contributed by atoms with Crippen molar-refractivity contribution in [2.75, 3.05) is 7.05 Å². The van der Waals surface area contributed by atoms with Gasteiger partial charge in [0, 0.05) is 4.70 Å². The highest BCUT2D eigenvalue weighted by Gasteiger charge is 2.40. The molecule has 2 aromatic rings. The molecule has 0 aliphatic carbocycles. The molecular formula is C11H10F3NS. The van der Waals surface area contributed by atoms with E-state index in [0.29, 0.717) is 10.3 Å². The van der Waals surface area contributed by atoms with Crippen molar-refractivity contribution in [1.82, 2.24) is 5.32 Å². The first-order chi connectivity index (χ1) is 7.54. The topological polar surface area (TPSA) is 12.0 Å². The minimum absolute atomic E-state index is 0.294. The molecule has 1 nitrogen and oxygen atoms in total. The molecule has 2 rings (SSSR count). The van der Waals surface area contributed by atoms with Gasteiger partial charge in [-0.3, -0.25) is 0 Å². The lowest BCUT2D eigenvalue weighted by atomic mass is 10.1. The lowest BCUT2D eigenvalue weighted by Crippen LogP contribution is -2.31. The number of hydrogen-bond donors (Lipinski definition) is 1. The van der Waals surface area contributed by atoms with E-state index in [1.165, 1.54) is 24.5 Å². The predicted molar refractivity (Wildman–Crippen MR) is 59.7 cm³/mol. The molecule has 0 saturated heterocycles. The van der Waals surface area contributed by atoms with Gasteiger partial charge in [-0.15, -0.1) is 11.3 Å². The second kappa shape index (κ2) is 4.07. The van der Waals surface area contributed by atoms with Crippen molar-refractivity contribution >= 4 is 21.4 Å². The van der Waals surface area contributed by atoms with Gasteiger partial charge in [-0.1, -0.05) is 18.2 Å². The highest BCUT2D eigenvalue weighted by molar-refractivity contribution is 7.17. The summed E-state index contributed by atoms with van der Waals surface area (Å²) in [5.74, 6) is 0. The number of halogens is 3. The fourth-order valence-corrected chi connectivity index (χ4v) is 2.68. The lowest BCUT2D eigenvalue weighted by molar-refractivity contribution is -0.156. The van der Waals surface area contributed by atoms with E-state index in [-0.39, 0.29) is 0 Å². The smallest absolute Gasteiger partial charge is 0.305 e. The fourth-order valence-electron chi connectivity index (χ4n) is 1.74. The van der Waals surface area contributed by atoms with Gasteiger partial charge in [0.1, 0.15) is 6.04 Å². The molecule has 1 unspecified atom stereocenters. The summed E-state index contributed by atoms with van der Waals surface area (Å²) in [6.45, 7) is 0. The maximum absolute atomic E-state index is 12.8. The Morgan fingerprint density at radius 1 is 1.25 bits per heavy atom. The van der Waals surface area contributed by atoms with Crippen LogP contribution in [0.25, 0.3) is 10.1 Å². The monoisotopic (exact) mass is 245 g/mol. The molecule has 1 aromatic heterocycles. The first-order valence-corrected chi connectivity index (χ1v) is 5.62. The summed E-state index contributed by atoms with van der Waals surface area (Å²) in [6, 6.07) is 5.22. The van der Waals surface area contributed by atoms with Gasteiger partial charge < -0.3 is 5.32 Å². The van der Waals surface area contributed by atoms with Gasteiger partial charge in [0.25, 0.3) is 0 Å². The quantitative estimate of drug-likeness (QED) is 0.850. The number of fused-ring (bicyclic) bond motifs is 1. The predicted octanol–water partition coefficient (Wildman–Crippen LogP) is 3.72. The molecule has 1 N–H and O–H groups in total. The van der Waals surface area contributed by atoms with E-state index in [1.54, 1.807) is 11.4 Å². The molecule has 16 heavy (non-hydrogen) atoms. The van der Waals surface area contributed by atoms with Gasteiger partial charge >= 0.3 is 6.18 Å². The van der Waals surface area contributed by atoms with E-state index in [0.717, 1.165) is 5.39 Å². The molecule has 1 aromatic carbocycles. The van der Waals surface area contributed by atoms with Gasteiger partial charge in [0.05, 0.1) is 0 Å². The van der Waals surface area contributed by atoms with Crippen LogP contribution in [0.3, 0.4) is 0 Å². The van der Waals surface area contributed by atoms with Crippen molar-refractivity contribution in [3.8, 4) is 0 Å². The van der Waals surface area contributed by atoms with Gasteiger partial charge in [-0.2, -0.15) is 13.2 Å². The van der Waals surface area contributed by atoms with Crippen LogP contribution in [0.5, 0.6) is 0 Å². The fraction of sp³-hybridized carbons (Fsp3) is 0.273. The Bertz CT molecular complexity index is 489. The van der Waals surface area contributed by atoms with E-state index in [9.17, 15) is 13.2 Å². The summed E-state index contributed by atoms with van der Waals surface area (Å²) in [6.07, 6.45) is -4.27. The second-order valence-corrected chi connectivity index (χ2v) is 4.37. The maximum Gasteiger partial charge on any atom is 0.407 e. The minimum Gasteiger partial charge on any atom is -0.305 e. The number of benzene rings is 1. The Morgan fingerprint density at radius 3 is 2.62 bits per heavy atom. The Morgan fingerprint density at radius 2 is 2.00 bits per heavy atom. The molecule has 86 valence electrons. The Labute approximate surface area is 94.9 Å². The summed E-state index contributed by atoms with van der Waals surface area (Å²) < 4.78 is 39.0. The van der Waals surface area contributed by atoms with E-state index >= 15 is 0 Å². The lowest BCUT2D eigenvalue weighted by Gasteiger charge is -2.20. The molecular weight excluding hydrogens is 235 g/mol. The molecule has 0 amide bonds. The highest BCUT2D eigenvalue weighted by Crippen LogP contribution is 2.37. The standard InChI is InChI=1S/C11H10F3NS/c1-15-10(11(12,13)14)8-4-2-3-7-5-6-16-9(7)8/h2-6,10,15H,1H3. The van der Waals surface area contributed by atoms with Crippen LogP contribution in [0.4, 0.5) is 13.2 Å². The van der Waals surface area contributed by atoms with Crippen LogP contribution in [-0.4, -0.2) is 13.2 Å². The normalized spacial score (nSPS) is 14.2. The summed E-state index contributed by atoms with van der Waals surface area (Å²) in [5, 5.41) is 4.98. The van der Waals surface area contributed by atoms with Crippen LogP contribution in [0.1, 0.15) is 11.6 Å². The van der Waals surface area contributed by atoms with Crippen molar-refractivity contribution in [3.05, 3.63) is 35.2 Å². The number of alkyl halides is 3. The third kappa shape index (κ3) is 1.92. The zero-order valence-corrected chi connectivity index (χ0v) is 9.32. The van der Waals surface area contributed by atoms with E-state index in [4.69, 9.17) is 0 Å². The number of hydrogen-bond acceptors (Lipinski definition) is 2. The molecule has 0 aliphatic rings. The SMILES string of the molecule is CNC(c1cccc2ccsc12)C(F)(F)F. The van der Waals surface area contributed by atoms with Gasteiger partial charge in [0.15, 0.2) is 0 Å². The summed E-state index contributed by atoms with van der Waals surface area (Å²) in [7, 11) is 1.32. The summed E-state index contributed by atoms with van der Waals surface area (Å²) in [4.78, 5) is 0. The van der Waals surface area contributed by atoms with Crippen molar-refractivity contribution in [3.63, 3.8) is 0 Å². The molecule has 0 saturated carbocycles. The number of nitrogens with one attached hydrogen (secondary N) is 1. The molecule has 1 atom stereocenters. The molecule has 0 bridgehead atoms. The zero-order chi connectivity index (χ0) is 11.8. The van der Waals surface area contributed by atoms with Gasteiger partial charge in [-0.25, -0.2) is 0 Å². The average molecular weight is 245 g/mol. The summed E-state index contributed by atoms with van der Waals surface area (Å²) in [5.41, 5.74) is 0.294. The molecule has 0 aliphatic heterocycles. The summed E-state index contributed by atoms with van der Waals surface area (Å²) >= 11 is 1.33. The molecule has 5 heteroatoms. The van der Waals surface area contributed by atoms with Crippen LogP contribution in [0.15, 0.2) is 29.6 Å². The first-order valence-electron chi connectivity index (χ1n) is 4.74. The zero-order valence-electron chi connectivity index (χ0n) is 8.51. The van der Waals surface area contributed by atoms with Gasteiger partial charge in [-0.05, 0) is 29.4 Å². The van der Waals surface area contributed by atoms with E-state index in [2.05, 4.69) is 5.32 Å². The van der Waals surface area contributed by atoms with Crippen LogP contribution < -0.4 is 5.32 Å². The molecule has 0 spiro atoms. The van der Waals surface area contributed by atoms with E-state index < -0.39 is 12.2 Å². The Hall–Kier alpha value is -1.07. The van der Waals surface area contributed by atoms with Crippen LogP contribution >= 0.6 is 11.3 Å². The second-order valence-electron chi connectivity index (χ2n) is 3.45. The maximum atomic E-state index is 12.8. The van der Waals surface area contributed by atoms with E-state index in [1.807, 2.05) is 12.1 Å². The largest absolute Gasteiger partial charge is 0.407 e. The van der Waals surface area contributed by atoms with Crippen LogP contribution in [-0.2, 0) is 0 Å². The Kier molecular flexibility index (Phi) is 2.90. The third-order valence-corrected chi connectivity index (χ3v) is 3.42. The Balaban J connectivity index is 2.57. The minimum atomic E-state index is -4.27. The van der Waals surface area contributed by atoms with Crippen LogP contribution in [0, 0.1) is 0 Å². The van der Waals surface area contributed by atoms with Crippen molar-refractivity contribution in [1.29, 1.82) is 0 Å². The molecule has 1 heterocycles. The van der Waals surface area contributed by atoms with Crippen molar-refractivity contribution in [2.45, 2.75) is 12.2 Å². The van der Waals surface area contributed by atoms with Gasteiger partial charge in [0.2, 0.25) is 0 Å². The first kappa shape index (κ1) is 11.4. The molecule has 0 radical (unpaired) electrons. The number of rotatable bonds is 2. The number of thiophene rings is 1. The van der Waals surface area contributed by atoms with Crippen LogP contribution in [0.2, 0.25) is 0 Å². The molecule has 0 fully saturated rings.